The number of aliphatic carboxylic acids is 1. The van der Waals surface area contributed by atoms with Crippen molar-refractivity contribution in [3.63, 3.8) is 0 Å². The average Bonchev–Trinajstić information content (AvgIpc) is 4.03. The van der Waals surface area contributed by atoms with Gasteiger partial charge in [-0.25, -0.2) is 22.8 Å². The standard InChI is InChI=1S/C41H42N4O9S/c1-25-19-29(37(39(47)48)43-32-11-9-28-17-18-42-38(46)35(28)21-32)10-15-34(25)26(2)23-53-40(49)44-31-12-16-36(55(51,52)33-13-14-33)30(20-31)22-45(3)41(50)54-24-27-7-5-4-6-8-27/h4-12,15-21,26,33,37,43H,13-14,22-24H2,1-3H3,(H,42,46)(H,44,49)(H,47,48)/t26-,37?/m0/s1. The van der Waals surface area contributed by atoms with E-state index in [4.69, 9.17) is 9.47 Å². The summed E-state index contributed by atoms with van der Waals surface area (Å²) in [6, 6.07) is 24.6. The number of ether oxygens (including phenoxy) is 2. The molecule has 5 aromatic rings. The van der Waals surface area contributed by atoms with Crippen LogP contribution < -0.4 is 16.2 Å². The zero-order valence-electron chi connectivity index (χ0n) is 30.6. The lowest BCUT2D eigenvalue weighted by Crippen LogP contribution is -2.28. The van der Waals surface area contributed by atoms with Gasteiger partial charge in [-0.15, -0.1) is 0 Å². The van der Waals surface area contributed by atoms with Crippen molar-refractivity contribution in [2.24, 2.45) is 0 Å². The minimum Gasteiger partial charge on any atom is -0.479 e. The van der Waals surface area contributed by atoms with Crippen LogP contribution in [-0.2, 0) is 37.3 Å². The van der Waals surface area contributed by atoms with Crippen molar-refractivity contribution >= 4 is 50.1 Å². The summed E-state index contributed by atoms with van der Waals surface area (Å²) in [7, 11) is -2.12. The molecule has 1 fully saturated rings. The van der Waals surface area contributed by atoms with Crippen LogP contribution in [0.15, 0.2) is 107 Å². The third kappa shape index (κ3) is 9.33. The summed E-state index contributed by atoms with van der Waals surface area (Å²) in [5, 5.41) is 16.4. The molecular weight excluding hydrogens is 725 g/mol. The summed E-state index contributed by atoms with van der Waals surface area (Å²) in [5.41, 5.74) is 3.77. The molecule has 286 valence electrons. The van der Waals surface area contributed by atoms with Gasteiger partial charge in [-0.1, -0.05) is 61.5 Å². The number of rotatable bonds is 14. The molecule has 6 rings (SSSR count). The number of aromatic nitrogens is 1. The Hall–Kier alpha value is -6.15. The van der Waals surface area contributed by atoms with Crippen molar-refractivity contribution in [2.75, 3.05) is 24.3 Å². The second kappa shape index (κ2) is 16.5. The first-order chi connectivity index (χ1) is 26.3. The second-order valence-corrected chi connectivity index (χ2v) is 15.9. The van der Waals surface area contributed by atoms with Crippen molar-refractivity contribution in [1.82, 2.24) is 9.88 Å². The lowest BCUT2D eigenvalue weighted by molar-refractivity contribution is -0.138. The van der Waals surface area contributed by atoms with Crippen molar-refractivity contribution < 1.29 is 37.4 Å². The molecule has 0 aliphatic heterocycles. The number of sulfone groups is 1. The molecule has 2 amide bonds. The highest BCUT2D eigenvalue weighted by Gasteiger charge is 2.38. The number of benzene rings is 4. The van der Waals surface area contributed by atoms with Gasteiger partial charge in [-0.3, -0.25) is 10.1 Å². The number of hydrogen-bond acceptors (Lipinski definition) is 9. The van der Waals surface area contributed by atoms with Crippen LogP contribution in [0.4, 0.5) is 21.0 Å². The van der Waals surface area contributed by atoms with Crippen LogP contribution >= 0.6 is 0 Å². The molecule has 4 aromatic carbocycles. The van der Waals surface area contributed by atoms with E-state index in [0.717, 1.165) is 22.1 Å². The monoisotopic (exact) mass is 766 g/mol. The van der Waals surface area contributed by atoms with Gasteiger partial charge in [0.15, 0.2) is 15.9 Å². The molecule has 1 unspecified atom stereocenters. The van der Waals surface area contributed by atoms with E-state index >= 15 is 0 Å². The Morgan fingerprint density at radius 2 is 1.69 bits per heavy atom. The molecule has 1 saturated carbocycles. The smallest absolute Gasteiger partial charge is 0.411 e. The van der Waals surface area contributed by atoms with Gasteiger partial charge in [-0.05, 0) is 89.4 Å². The summed E-state index contributed by atoms with van der Waals surface area (Å²) in [6.45, 7) is 3.69. The first kappa shape index (κ1) is 38.6. The van der Waals surface area contributed by atoms with Crippen LogP contribution in [0.5, 0.6) is 0 Å². The molecule has 4 N–H and O–H groups in total. The van der Waals surface area contributed by atoms with E-state index in [0.29, 0.717) is 35.0 Å². The van der Waals surface area contributed by atoms with E-state index in [-0.39, 0.29) is 41.8 Å². The minimum atomic E-state index is -3.64. The molecule has 55 heavy (non-hydrogen) atoms. The Labute approximate surface area is 318 Å². The maximum atomic E-state index is 13.3. The molecule has 1 aliphatic rings. The number of carbonyl (C=O) groups is 3. The molecule has 2 atom stereocenters. The summed E-state index contributed by atoms with van der Waals surface area (Å²) >= 11 is 0. The first-order valence-electron chi connectivity index (χ1n) is 17.7. The summed E-state index contributed by atoms with van der Waals surface area (Å²) in [5.74, 6) is -1.36. The quantitative estimate of drug-likeness (QED) is 0.0907. The van der Waals surface area contributed by atoms with E-state index < -0.39 is 39.3 Å². The van der Waals surface area contributed by atoms with Crippen LogP contribution in [0.1, 0.15) is 59.5 Å². The second-order valence-electron chi connectivity index (χ2n) is 13.7. The summed E-state index contributed by atoms with van der Waals surface area (Å²) < 4.78 is 37.5. The van der Waals surface area contributed by atoms with Crippen LogP contribution in [0.2, 0.25) is 0 Å². The fourth-order valence-electron chi connectivity index (χ4n) is 6.37. The van der Waals surface area contributed by atoms with Gasteiger partial charge in [0.2, 0.25) is 0 Å². The number of hydrogen-bond donors (Lipinski definition) is 4. The highest BCUT2D eigenvalue weighted by atomic mass is 32.2. The Morgan fingerprint density at radius 1 is 0.945 bits per heavy atom. The van der Waals surface area contributed by atoms with Crippen LogP contribution in [0.25, 0.3) is 10.8 Å². The molecule has 0 radical (unpaired) electrons. The van der Waals surface area contributed by atoms with Crippen LogP contribution in [0, 0.1) is 6.92 Å². The Kier molecular flexibility index (Phi) is 11.6. The predicted molar refractivity (Wildman–Crippen MR) is 208 cm³/mol. The highest BCUT2D eigenvalue weighted by Crippen LogP contribution is 2.36. The van der Waals surface area contributed by atoms with Gasteiger partial charge >= 0.3 is 18.2 Å². The number of carboxylic acids is 1. The Morgan fingerprint density at radius 3 is 2.40 bits per heavy atom. The molecular formula is C41H42N4O9S. The van der Waals surface area contributed by atoms with Gasteiger partial charge in [0.1, 0.15) is 6.61 Å². The van der Waals surface area contributed by atoms with Gasteiger partial charge in [0.05, 0.1) is 23.3 Å². The van der Waals surface area contributed by atoms with E-state index in [1.807, 2.05) is 44.2 Å². The SMILES string of the molecule is Cc1cc(C(Nc2ccc3cc[nH]c(=O)c3c2)C(=O)O)ccc1[C@@H](C)COC(=O)Nc1ccc(S(=O)(=O)C2CC2)c(CN(C)C(=O)OCc2ccccc2)c1. The maximum Gasteiger partial charge on any atom is 0.411 e. The van der Waals surface area contributed by atoms with Crippen molar-refractivity contribution in [1.29, 1.82) is 0 Å². The summed E-state index contributed by atoms with van der Waals surface area (Å²) in [4.78, 5) is 54.4. The van der Waals surface area contributed by atoms with Crippen LogP contribution in [-0.4, -0.2) is 60.5 Å². The van der Waals surface area contributed by atoms with E-state index in [1.54, 1.807) is 48.7 Å². The maximum absolute atomic E-state index is 13.3. The highest BCUT2D eigenvalue weighted by molar-refractivity contribution is 7.92. The largest absolute Gasteiger partial charge is 0.479 e. The number of pyridine rings is 1. The number of H-pyrrole nitrogens is 1. The Balaban J connectivity index is 1.09. The fourth-order valence-corrected chi connectivity index (χ4v) is 8.23. The van der Waals surface area contributed by atoms with Crippen molar-refractivity contribution in [2.45, 2.75) is 61.9 Å². The van der Waals surface area contributed by atoms with Gasteiger partial charge in [0.25, 0.3) is 5.56 Å². The molecule has 0 saturated heterocycles. The average molecular weight is 767 g/mol. The van der Waals surface area contributed by atoms with Crippen molar-refractivity contribution in [3.05, 3.63) is 135 Å². The number of aryl methyl sites for hydroxylation is 1. The minimum absolute atomic E-state index is 0.00470. The predicted octanol–water partition coefficient (Wildman–Crippen LogP) is 7.13. The number of fused-ring (bicyclic) bond motifs is 1. The number of carbonyl (C=O) groups excluding carboxylic acids is 2. The lowest BCUT2D eigenvalue weighted by atomic mass is 9.93. The molecule has 1 heterocycles. The summed E-state index contributed by atoms with van der Waals surface area (Å²) in [6.07, 6.45) is 1.29. The number of nitrogens with zero attached hydrogens (tertiary/aromatic N) is 1. The fraction of sp³-hybridized carbons (Fsp3) is 0.268. The normalized spacial score (nSPS) is 13.7. The third-order valence-corrected chi connectivity index (χ3v) is 11.8. The molecule has 14 heteroatoms. The number of anilines is 2. The molecule has 13 nitrogen and oxygen atoms in total. The third-order valence-electron chi connectivity index (χ3n) is 9.46. The lowest BCUT2D eigenvalue weighted by Gasteiger charge is -2.21. The van der Waals surface area contributed by atoms with Gasteiger partial charge in [-0.2, -0.15) is 0 Å². The molecule has 0 spiro atoms. The number of amides is 2. The number of aromatic amines is 1. The first-order valence-corrected chi connectivity index (χ1v) is 19.3. The topological polar surface area (TPSA) is 184 Å². The Bertz CT molecular complexity index is 2390. The molecule has 1 aromatic heterocycles. The molecule has 1 aliphatic carbocycles. The number of nitrogens with one attached hydrogen (secondary N) is 3. The van der Waals surface area contributed by atoms with E-state index in [2.05, 4.69) is 15.6 Å². The van der Waals surface area contributed by atoms with Crippen molar-refractivity contribution in [3.8, 4) is 0 Å². The number of carboxylic acid groups (broad SMARTS) is 1. The zero-order valence-corrected chi connectivity index (χ0v) is 31.4. The molecule has 0 bridgehead atoms. The van der Waals surface area contributed by atoms with Gasteiger partial charge in [0, 0.05) is 35.9 Å². The van der Waals surface area contributed by atoms with E-state index in [9.17, 15) is 32.7 Å². The van der Waals surface area contributed by atoms with Crippen LogP contribution in [0.3, 0.4) is 0 Å². The zero-order chi connectivity index (χ0) is 39.3. The van der Waals surface area contributed by atoms with Gasteiger partial charge < -0.3 is 29.8 Å². The van der Waals surface area contributed by atoms with E-state index in [1.165, 1.54) is 30.1 Å².